The highest BCUT2D eigenvalue weighted by molar-refractivity contribution is 7.89. The van der Waals surface area contributed by atoms with Gasteiger partial charge in [0, 0.05) is 31.3 Å². The van der Waals surface area contributed by atoms with Crippen LogP contribution in [0, 0.1) is 18.3 Å². The Morgan fingerprint density at radius 2 is 1.97 bits per heavy atom. The van der Waals surface area contributed by atoms with Gasteiger partial charge < -0.3 is 10.6 Å². The lowest BCUT2D eigenvalue weighted by molar-refractivity contribution is -0.125. The Kier molecular flexibility index (Phi) is 6.74. The fourth-order valence-electron chi connectivity index (χ4n) is 4.49. The number of rotatable bonds is 6. The average Bonchev–Trinajstić information content (AvgIpc) is 3.14. The van der Waals surface area contributed by atoms with E-state index in [0.29, 0.717) is 41.9 Å². The number of hydrogen-bond donors (Lipinski definition) is 2. The van der Waals surface area contributed by atoms with Crippen LogP contribution in [-0.2, 0) is 26.0 Å². The molecule has 35 heavy (non-hydrogen) atoms. The van der Waals surface area contributed by atoms with Crippen molar-refractivity contribution in [2.24, 2.45) is 4.99 Å². The quantitative estimate of drug-likeness (QED) is 0.636. The molecule has 1 fully saturated rings. The third kappa shape index (κ3) is 5.26. The summed E-state index contributed by atoms with van der Waals surface area (Å²) in [4.78, 5) is 28.7. The minimum Gasteiger partial charge on any atom is -0.326 e. The van der Waals surface area contributed by atoms with Gasteiger partial charge >= 0.3 is 0 Å². The monoisotopic (exact) mass is 493 g/mol. The van der Waals surface area contributed by atoms with Gasteiger partial charge in [-0.1, -0.05) is 18.2 Å². The summed E-state index contributed by atoms with van der Waals surface area (Å²) in [5.41, 5.74) is 2.64. The van der Waals surface area contributed by atoms with Gasteiger partial charge in [-0.05, 0) is 61.6 Å². The first-order valence-corrected chi connectivity index (χ1v) is 13.0. The lowest BCUT2D eigenvalue weighted by Crippen LogP contribution is -2.50. The summed E-state index contributed by atoms with van der Waals surface area (Å²) < 4.78 is 27.5. The molecular weight excluding hydrogens is 466 g/mol. The maximum absolute atomic E-state index is 13.0. The van der Waals surface area contributed by atoms with E-state index in [1.165, 1.54) is 11.2 Å². The first-order chi connectivity index (χ1) is 16.6. The second kappa shape index (κ2) is 9.60. The maximum atomic E-state index is 13.0. The highest BCUT2D eigenvalue weighted by Gasteiger charge is 2.47. The van der Waals surface area contributed by atoms with E-state index in [2.05, 4.69) is 21.7 Å². The number of carbonyl (C=O) groups is 2. The SMILES string of the molecule is CC(=O)Nc1ccc(CCS(=O)(=O)N2CCC3(CC2)N=C(c2cccc(C#N)c2)NC3=O)c(C)c1. The molecule has 4 rings (SSSR count). The molecule has 1 spiro atoms. The van der Waals surface area contributed by atoms with Crippen molar-refractivity contribution in [1.29, 1.82) is 5.26 Å². The molecule has 182 valence electrons. The molecular formula is C25H27N5O4S. The summed E-state index contributed by atoms with van der Waals surface area (Å²) in [6, 6.07) is 14.4. The number of anilines is 1. The van der Waals surface area contributed by atoms with Crippen LogP contribution in [0.15, 0.2) is 47.5 Å². The number of aryl methyl sites for hydroxylation is 2. The molecule has 0 radical (unpaired) electrons. The number of aliphatic imine (C=N–C) groups is 1. The predicted octanol–water partition coefficient (Wildman–Crippen LogP) is 2.11. The van der Waals surface area contributed by atoms with Crippen LogP contribution in [0.5, 0.6) is 0 Å². The molecule has 2 aliphatic heterocycles. The summed E-state index contributed by atoms with van der Waals surface area (Å²) in [5.74, 6) is -0.0174. The molecule has 9 nitrogen and oxygen atoms in total. The smallest absolute Gasteiger partial charge is 0.253 e. The van der Waals surface area contributed by atoms with Crippen molar-refractivity contribution in [3.8, 4) is 6.07 Å². The van der Waals surface area contributed by atoms with Crippen molar-refractivity contribution >= 4 is 33.4 Å². The fourth-order valence-corrected chi connectivity index (χ4v) is 5.96. The fraction of sp³-hybridized carbons (Fsp3) is 0.360. The molecule has 0 bridgehead atoms. The zero-order chi connectivity index (χ0) is 25.2. The van der Waals surface area contributed by atoms with E-state index in [4.69, 9.17) is 5.26 Å². The molecule has 2 aromatic rings. The lowest BCUT2D eigenvalue weighted by Gasteiger charge is -2.34. The standard InChI is InChI=1S/C25H27N5O4S/c1-17-14-22(27-18(2)31)7-6-20(17)8-13-35(33,34)30-11-9-25(10-12-30)24(32)28-23(29-25)21-5-3-4-19(15-21)16-26/h3-7,14-15H,8-13H2,1-2H3,(H,27,31)(H,28,29,32). The Morgan fingerprint density at radius 3 is 2.63 bits per heavy atom. The van der Waals surface area contributed by atoms with Gasteiger partial charge in [0.25, 0.3) is 5.91 Å². The number of nitrogens with one attached hydrogen (secondary N) is 2. The zero-order valence-electron chi connectivity index (χ0n) is 19.7. The minimum absolute atomic E-state index is 0.0397. The summed E-state index contributed by atoms with van der Waals surface area (Å²) in [5, 5.41) is 14.7. The summed E-state index contributed by atoms with van der Waals surface area (Å²) in [6.07, 6.45) is 0.946. The molecule has 0 aromatic heterocycles. The molecule has 2 aliphatic rings. The van der Waals surface area contributed by atoms with Crippen molar-refractivity contribution in [2.75, 3.05) is 24.2 Å². The number of carbonyl (C=O) groups excluding carboxylic acids is 2. The molecule has 0 unspecified atom stereocenters. The molecule has 0 saturated carbocycles. The van der Waals surface area contributed by atoms with E-state index < -0.39 is 15.6 Å². The molecule has 0 atom stereocenters. The van der Waals surface area contributed by atoms with Crippen molar-refractivity contribution in [2.45, 2.75) is 38.6 Å². The van der Waals surface area contributed by atoms with Crippen LogP contribution in [0.2, 0.25) is 0 Å². The van der Waals surface area contributed by atoms with Crippen LogP contribution in [0.1, 0.15) is 42.0 Å². The normalized spacial score (nSPS) is 17.5. The number of hydrogen-bond acceptors (Lipinski definition) is 6. The number of piperidine rings is 1. The van der Waals surface area contributed by atoms with Gasteiger partial charge in [0.15, 0.2) is 0 Å². The molecule has 0 aliphatic carbocycles. The van der Waals surface area contributed by atoms with Gasteiger partial charge in [-0.25, -0.2) is 12.7 Å². The lowest BCUT2D eigenvalue weighted by atomic mass is 9.89. The van der Waals surface area contributed by atoms with Gasteiger partial charge in [-0.15, -0.1) is 0 Å². The highest BCUT2D eigenvalue weighted by atomic mass is 32.2. The average molecular weight is 494 g/mol. The van der Waals surface area contributed by atoms with Gasteiger partial charge in [0.1, 0.15) is 11.4 Å². The minimum atomic E-state index is -3.52. The summed E-state index contributed by atoms with van der Waals surface area (Å²) in [7, 11) is -3.52. The Morgan fingerprint density at radius 1 is 1.23 bits per heavy atom. The zero-order valence-corrected chi connectivity index (χ0v) is 20.5. The largest absolute Gasteiger partial charge is 0.326 e. The van der Waals surface area contributed by atoms with E-state index in [9.17, 15) is 18.0 Å². The molecule has 1 saturated heterocycles. The van der Waals surface area contributed by atoms with E-state index in [-0.39, 0.29) is 30.7 Å². The Hall–Kier alpha value is -3.55. The third-order valence-electron chi connectivity index (χ3n) is 6.48. The number of amides is 2. The Labute approximate surface area is 204 Å². The van der Waals surface area contributed by atoms with Crippen LogP contribution in [-0.4, -0.2) is 54.8 Å². The molecule has 10 heteroatoms. The van der Waals surface area contributed by atoms with Gasteiger partial charge in [-0.3, -0.25) is 14.6 Å². The summed E-state index contributed by atoms with van der Waals surface area (Å²) in [6.45, 7) is 3.75. The topological polar surface area (TPSA) is 132 Å². The van der Waals surface area contributed by atoms with Crippen molar-refractivity contribution in [3.05, 3.63) is 64.7 Å². The van der Waals surface area contributed by atoms with Crippen LogP contribution < -0.4 is 10.6 Å². The van der Waals surface area contributed by atoms with Crippen molar-refractivity contribution < 1.29 is 18.0 Å². The maximum Gasteiger partial charge on any atom is 0.253 e. The Balaban J connectivity index is 1.40. The number of nitriles is 1. The van der Waals surface area contributed by atoms with Crippen LogP contribution in [0.4, 0.5) is 5.69 Å². The van der Waals surface area contributed by atoms with Gasteiger partial charge in [0.05, 0.1) is 17.4 Å². The third-order valence-corrected chi connectivity index (χ3v) is 8.35. The van der Waals surface area contributed by atoms with Gasteiger partial charge in [0.2, 0.25) is 15.9 Å². The first-order valence-electron chi connectivity index (χ1n) is 11.4. The second-order valence-corrected chi connectivity index (χ2v) is 11.0. The predicted molar refractivity (Wildman–Crippen MR) is 132 cm³/mol. The van der Waals surface area contributed by atoms with E-state index >= 15 is 0 Å². The second-order valence-electron chi connectivity index (χ2n) is 8.93. The number of sulfonamides is 1. The van der Waals surface area contributed by atoms with Crippen molar-refractivity contribution in [1.82, 2.24) is 9.62 Å². The van der Waals surface area contributed by atoms with E-state index in [0.717, 1.165) is 11.1 Å². The highest BCUT2D eigenvalue weighted by Crippen LogP contribution is 2.32. The van der Waals surface area contributed by atoms with E-state index in [1.54, 1.807) is 30.3 Å². The van der Waals surface area contributed by atoms with Crippen LogP contribution in [0.25, 0.3) is 0 Å². The van der Waals surface area contributed by atoms with Crippen LogP contribution in [0.3, 0.4) is 0 Å². The van der Waals surface area contributed by atoms with E-state index in [1.807, 2.05) is 19.1 Å². The number of benzene rings is 2. The molecule has 2 N–H and O–H groups in total. The van der Waals surface area contributed by atoms with Gasteiger partial charge in [-0.2, -0.15) is 5.26 Å². The molecule has 2 amide bonds. The molecule has 2 aromatic carbocycles. The Bertz CT molecular complexity index is 1350. The van der Waals surface area contributed by atoms with Crippen LogP contribution >= 0.6 is 0 Å². The first kappa shape index (κ1) is 24.6. The van der Waals surface area contributed by atoms with Crippen molar-refractivity contribution in [3.63, 3.8) is 0 Å². The number of nitrogens with zero attached hydrogens (tertiary/aromatic N) is 3. The summed E-state index contributed by atoms with van der Waals surface area (Å²) >= 11 is 0. The molecule has 2 heterocycles. The number of amidine groups is 1.